The number of ether oxygens (including phenoxy) is 1. The van der Waals surface area contributed by atoms with Crippen LogP contribution in [-0.4, -0.2) is 36.5 Å². The lowest BCUT2D eigenvalue weighted by molar-refractivity contribution is -0.177. The number of rotatable bonds is 5. The summed E-state index contributed by atoms with van der Waals surface area (Å²) in [5.41, 5.74) is 0.636. The number of benzene rings is 1. The van der Waals surface area contributed by atoms with Crippen molar-refractivity contribution in [1.82, 2.24) is 5.32 Å². The number of nitrogens with one attached hydrogen (secondary N) is 1. The molecule has 4 atom stereocenters. The minimum absolute atomic E-state index is 0.198. The summed E-state index contributed by atoms with van der Waals surface area (Å²) in [4.78, 5) is 0. The Morgan fingerprint density at radius 3 is 2.87 bits per heavy atom. The second-order valence-corrected chi connectivity index (χ2v) is 7.31. The van der Waals surface area contributed by atoms with Crippen LogP contribution >= 0.6 is 0 Å². The molecule has 4 rings (SSSR count). The summed E-state index contributed by atoms with van der Waals surface area (Å²) < 4.78 is 32.5. The standard InChI is InChI=1S/C18H23F2NO2/c19-12-3-2-11(15(20)9-12)8-13(22)10-21-16-14-4-7-23-17(14)18(16)5-1-6-18/h2-3,9,13-14,16-17,21-22H,1,4-8,10H2. The molecule has 3 aliphatic rings. The van der Waals surface area contributed by atoms with Gasteiger partial charge in [0, 0.05) is 43.0 Å². The van der Waals surface area contributed by atoms with E-state index in [0.29, 0.717) is 30.2 Å². The van der Waals surface area contributed by atoms with Crippen molar-refractivity contribution in [3.05, 3.63) is 35.4 Å². The molecule has 1 saturated heterocycles. The van der Waals surface area contributed by atoms with Gasteiger partial charge in [-0.25, -0.2) is 8.78 Å². The van der Waals surface area contributed by atoms with Crippen LogP contribution in [0.15, 0.2) is 18.2 Å². The van der Waals surface area contributed by atoms with Gasteiger partial charge in [0.25, 0.3) is 0 Å². The molecule has 1 aromatic rings. The van der Waals surface area contributed by atoms with Crippen LogP contribution in [0.3, 0.4) is 0 Å². The molecule has 1 spiro atoms. The lowest BCUT2D eigenvalue weighted by atomic mass is 9.46. The zero-order valence-corrected chi connectivity index (χ0v) is 13.1. The van der Waals surface area contributed by atoms with Crippen molar-refractivity contribution >= 4 is 0 Å². The molecule has 1 heterocycles. The molecule has 126 valence electrons. The number of hydrogen-bond acceptors (Lipinski definition) is 3. The van der Waals surface area contributed by atoms with Crippen LogP contribution in [0.4, 0.5) is 8.78 Å². The van der Waals surface area contributed by atoms with E-state index < -0.39 is 17.7 Å². The maximum absolute atomic E-state index is 13.7. The van der Waals surface area contributed by atoms with Crippen molar-refractivity contribution in [3.8, 4) is 0 Å². The normalized spacial score (nSPS) is 32.2. The topological polar surface area (TPSA) is 41.5 Å². The molecule has 23 heavy (non-hydrogen) atoms. The average molecular weight is 323 g/mol. The van der Waals surface area contributed by atoms with Gasteiger partial charge in [0.1, 0.15) is 11.6 Å². The summed E-state index contributed by atoms with van der Waals surface area (Å²) in [6.45, 7) is 1.28. The second-order valence-electron chi connectivity index (χ2n) is 7.31. The van der Waals surface area contributed by atoms with Crippen LogP contribution in [0, 0.1) is 23.0 Å². The highest BCUT2D eigenvalue weighted by Gasteiger charge is 2.66. The highest BCUT2D eigenvalue weighted by Crippen LogP contribution is 2.62. The third-order valence-electron chi connectivity index (χ3n) is 6.08. The molecule has 5 heteroatoms. The maximum atomic E-state index is 13.7. The van der Waals surface area contributed by atoms with Crippen LogP contribution in [-0.2, 0) is 11.2 Å². The van der Waals surface area contributed by atoms with E-state index in [1.54, 1.807) is 0 Å². The number of aliphatic hydroxyl groups is 1. The van der Waals surface area contributed by atoms with E-state index in [1.165, 1.54) is 31.4 Å². The van der Waals surface area contributed by atoms with Gasteiger partial charge in [-0.05, 0) is 30.9 Å². The Balaban J connectivity index is 1.34. The molecule has 0 aromatic heterocycles. The summed E-state index contributed by atoms with van der Waals surface area (Å²) >= 11 is 0. The Morgan fingerprint density at radius 1 is 1.35 bits per heavy atom. The zero-order chi connectivity index (χ0) is 16.0. The van der Waals surface area contributed by atoms with Gasteiger partial charge in [0.05, 0.1) is 12.2 Å². The van der Waals surface area contributed by atoms with E-state index in [0.717, 1.165) is 19.1 Å². The second kappa shape index (κ2) is 5.80. The molecular formula is C18H23F2NO2. The summed E-state index contributed by atoms with van der Waals surface area (Å²) in [6.07, 6.45) is 4.68. The van der Waals surface area contributed by atoms with Gasteiger partial charge >= 0.3 is 0 Å². The van der Waals surface area contributed by atoms with Crippen molar-refractivity contribution < 1.29 is 18.6 Å². The third-order valence-corrected chi connectivity index (χ3v) is 6.08. The minimum Gasteiger partial charge on any atom is -0.391 e. The Hall–Kier alpha value is -1.04. The molecular weight excluding hydrogens is 300 g/mol. The van der Waals surface area contributed by atoms with Gasteiger partial charge in [0.2, 0.25) is 0 Å². The highest BCUT2D eigenvalue weighted by atomic mass is 19.1. The summed E-state index contributed by atoms with van der Waals surface area (Å²) in [7, 11) is 0. The first-order valence-corrected chi connectivity index (χ1v) is 8.57. The van der Waals surface area contributed by atoms with E-state index in [1.807, 2.05) is 0 Å². The molecule has 1 aromatic carbocycles. The van der Waals surface area contributed by atoms with E-state index in [9.17, 15) is 13.9 Å². The average Bonchev–Trinajstić information content (AvgIpc) is 2.86. The Labute approximate surface area is 135 Å². The molecule has 4 unspecified atom stereocenters. The number of aliphatic hydroxyl groups excluding tert-OH is 1. The van der Waals surface area contributed by atoms with E-state index in [-0.39, 0.29) is 11.8 Å². The predicted octanol–water partition coefficient (Wildman–Crippen LogP) is 2.42. The van der Waals surface area contributed by atoms with Gasteiger partial charge in [-0.2, -0.15) is 0 Å². The van der Waals surface area contributed by atoms with Crippen LogP contribution in [0.2, 0.25) is 0 Å². The van der Waals surface area contributed by atoms with Crippen LogP contribution in [0.25, 0.3) is 0 Å². The van der Waals surface area contributed by atoms with E-state index in [4.69, 9.17) is 4.74 Å². The van der Waals surface area contributed by atoms with Crippen LogP contribution < -0.4 is 5.32 Å². The molecule has 0 radical (unpaired) electrons. The number of hydrogen-bond donors (Lipinski definition) is 2. The first-order chi connectivity index (χ1) is 11.1. The monoisotopic (exact) mass is 323 g/mol. The number of fused-ring (bicyclic) bond motifs is 2. The summed E-state index contributed by atoms with van der Waals surface area (Å²) in [5, 5.41) is 13.7. The van der Waals surface area contributed by atoms with Crippen molar-refractivity contribution in [2.75, 3.05) is 13.2 Å². The van der Waals surface area contributed by atoms with Crippen molar-refractivity contribution in [2.24, 2.45) is 11.3 Å². The maximum Gasteiger partial charge on any atom is 0.129 e. The van der Waals surface area contributed by atoms with Gasteiger partial charge < -0.3 is 15.2 Å². The van der Waals surface area contributed by atoms with Gasteiger partial charge in [-0.3, -0.25) is 0 Å². The van der Waals surface area contributed by atoms with E-state index in [2.05, 4.69) is 5.32 Å². The zero-order valence-electron chi connectivity index (χ0n) is 13.1. The fraction of sp³-hybridized carbons (Fsp3) is 0.667. The van der Waals surface area contributed by atoms with Crippen molar-refractivity contribution in [3.63, 3.8) is 0 Å². The van der Waals surface area contributed by atoms with Gasteiger partial charge in [-0.15, -0.1) is 0 Å². The first kappa shape index (κ1) is 15.5. The molecule has 2 N–H and O–H groups in total. The fourth-order valence-corrected chi connectivity index (χ4v) is 4.84. The van der Waals surface area contributed by atoms with Crippen molar-refractivity contribution in [2.45, 2.75) is 50.4 Å². The van der Waals surface area contributed by atoms with E-state index >= 15 is 0 Å². The lowest BCUT2D eigenvalue weighted by Gasteiger charge is -2.63. The van der Waals surface area contributed by atoms with Crippen LogP contribution in [0.5, 0.6) is 0 Å². The highest BCUT2D eigenvalue weighted by molar-refractivity contribution is 5.20. The minimum atomic E-state index is -0.673. The fourth-order valence-electron chi connectivity index (χ4n) is 4.84. The van der Waals surface area contributed by atoms with Gasteiger partial charge in [0.15, 0.2) is 0 Å². The Kier molecular flexibility index (Phi) is 3.90. The number of halogens is 2. The summed E-state index contributed by atoms with van der Waals surface area (Å²) in [5.74, 6) is -0.620. The largest absolute Gasteiger partial charge is 0.391 e. The molecule has 1 aliphatic heterocycles. The predicted molar refractivity (Wildman–Crippen MR) is 82.0 cm³/mol. The van der Waals surface area contributed by atoms with Crippen molar-refractivity contribution in [1.29, 1.82) is 0 Å². The molecule has 3 fully saturated rings. The molecule has 2 aliphatic carbocycles. The summed E-state index contributed by atoms with van der Waals surface area (Å²) in [6, 6.07) is 3.92. The smallest absolute Gasteiger partial charge is 0.129 e. The lowest BCUT2D eigenvalue weighted by Crippen LogP contribution is -2.71. The SMILES string of the molecule is OC(CNC1C2CCOC2C12CCC2)Cc1ccc(F)cc1F. The molecule has 2 saturated carbocycles. The molecule has 0 bridgehead atoms. The first-order valence-electron chi connectivity index (χ1n) is 8.57. The van der Waals surface area contributed by atoms with Gasteiger partial charge in [-0.1, -0.05) is 12.5 Å². The van der Waals surface area contributed by atoms with Crippen LogP contribution in [0.1, 0.15) is 31.2 Å². The molecule has 3 nitrogen and oxygen atoms in total. The quantitative estimate of drug-likeness (QED) is 0.874. The molecule has 0 amide bonds. The Bertz CT molecular complexity index is 590. The third kappa shape index (κ3) is 2.49. The Morgan fingerprint density at radius 2 is 2.17 bits per heavy atom.